The van der Waals surface area contributed by atoms with Gasteiger partial charge in [-0.05, 0) is 12.3 Å². The van der Waals surface area contributed by atoms with Crippen LogP contribution >= 0.6 is 0 Å². The first kappa shape index (κ1) is 13.4. The highest BCUT2D eigenvalue weighted by Crippen LogP contribution is 2.16. The van der Waals surface area contributed by atoms with E-state index < -0.39 is 4.92 Å². The van der Waals surface area contributed by atoms with Crippen molar-refractivity contribution >= 4 is 11.5 Å². The van der Waals surface area contributed by atoms with Crippen LogP contribution in [-0.2, 0) is 0 Å². The fourth-order valence-corrected chi connectivity index (χ4v) is 1.57. The van der Waals surface area contributed by atoms with Gasteiger partial charge >= 0.3 is 0 Å². The lowest BCUT2D eigenvalue weighted by molar-refractivity contribution is -0.384. The smallest absolute Gasteiger partial charge is 0.274 e. The van der Waals surface area contributed by atoms with Gasteiger partial charge in [-0.3, -0.25) is 10.1 Å². The topological polar surface area (TPSA) is 88.3 Å². The quantitative estimate of drug-likeness (QED) is 0.583. The van der Waals surface area contributed by atoms with E-state index in [9.17, 15) is 15.2 Å². The van der Waals surface area contributed by atoms with Crippen LogP contribution in [0.15, 0.2) is 18.3 Å². The second-order valence-corrected chi connectivity index (χ2v) is 4.31. The number of nitro groups is 1. The third-order valence-corrected chi connectivity index (χ3v) is 2.28. The fourth-order valence-electron chi connectivity index (χ4n) is 1.57. The van der Waals surface area contributed by atoms with Gasteiger partial charge in [0.1, 0.15) is 5.82 Å². The Kier molecular flexibility index (Phi) is 4.84. The second kappa shape index (κ2) is 6.15. The Morgan fingerprint density at radius 1 is 1.59 bits per heavy atom. The predicted molar refractivity (Wildman–Crippen MR) is 64.8 cm³/mol. The van der Waals surface area contributed by atoms with Crippen molar-refractivity contribution in [2.24, 2.45) is 5.92 Å². The molecule has 1 aromatic rings. The van der Waals surface area contributed by atoms with Crippen LogP contribution in [-0.4, -0.2) is 27.7 Å². The highest BCUT2D eigenvalue weighted by molar-refractivity contribution is 5.44. The molecular formula is C11H17N3O3. The van der Waals surface area contributed by atoms with Crippen molar-refractivity contribution < 1.29 is 10.0 Å². The van der Waals surface area contributed by atoms with E-state index in [2.05, 4.69) is 10.3 Å². The second-order valence-electron chi connectivity index (χ2n) is 4.31. The molecule has 94 valence electrons. The molecule has 0 bridgehead atoms. The zero-order valence-corrected chi connectivity index (χ0v) is 9.96. The molecule has 0 saturated carbocycles. The highest BCUT2D eigenvalue weighted by atomic mass is 16.6. The summed E-state index contributed by atoms with van der Waals surface area (Å²) in [5.74, 6) is 0.845. The molecule has 1 rings (SSSR count). The average Bonchev–Trinajstić information content (AvgIpc) is 2.28. The molecule has 0 aliphatic heterocycles. The van der Waals surface area contributed by atoms with E-state index in [0.29, 0.717) is 11.7 Å². The zero-order chi connectivity index (χ0) is 12.8. The molecule has 1 unspecified atom stereocenters. The molecule has 0 aliphatic carbocycles. The molecular weight excluding hydrogens is 222 g/mol. The maximum absolute atomic E-state index is 10.6. The molecule has 1 heterocycles. The normalized spacial score (nSPS) is 12.5. The van der Waals surface area contributed by atoms with Crippen molar-refractivity contribution in [3.63, 3.8) is 0 Å². The fraction of sp³-hybridized carbons (Fsp3) is 0.545. The SMILES string of the molecule is CC(C)CC(CO)Nc1cc([N+](=O)[O-])ccn1. The molecule has 0 radical (unpaired) electrons. The summed E-state index contributed by atoms with van der Waals surface area (Å²) in [6.07, 6.45) is 2.16. The number of aliphatic hydroxyl groups excluding tert-OH is 1. The third kappa shape index (κ3) is 4.36. The lowest BCUT2D eigenvalue weighted by Crippen LogP contribution is -2.26. The molecule has 6 nitrogen and oxygen atoms in total. The van der Waals surface area contributed by atoms with Crippen LogP contribution in [0.4, 0.5) is 11.5 Å². The summed E-state index contributed by atoms with van der Waals surface area (Å²) in [6, 6.07) is 2.56. The number of hydrogen-bond acceptors (Lipinski definition) is 5. The van der Waals surface area contributed by atoms with Gasteiger partial charge in [0.2, 0.25) is 0 Å². The molecule has 6 heteroatoms. The van der Waals surface area contributed by atoms with Crippen molar-refractivity contribution in [2.75, 3.05) is 11.9 Å². The largest absolute Gasteiger partial charge is 0.394 e. The van der Waals surface area contributed by atoms with Gasteiger partial charge in [-0.25, -0.2) is 4.98 Å². The molecule has 0 amide bonds. The van der Waals surface area contributed by atoms with E-state index in [0.717, 1.165) is 6.42 Å². The Balaban J connectivity index is 2.72. The molecule has 0 spiro atoms. The number of nitrogens with one attached hydrogen (secondary N) is 1. The molecule has 0 fully saturated rings. The van der Waals surface area contributed by atoms with Crippen molar-refractivity contribution in [2.45, 2.75) is 26.3 Å². The molecule has 17 heavy (non-hydrogen) atoms. The van der Waals surface area contributed by atoms with E-state index in [1.54, 1.807) is 0 Å². The van der Waals surface area contributed by atoms with Gasteiger partial charge in [-0.2, -0.15) is 0 Å². The maximum atomic E-state index is 10.6. The summed E-state index contributed by atoms with van der Waals surface area (Å²) in [6.45, 7) is 4.07. The first-order valence-corrected chi connectivity index (χ1v) is 5.50. The number of anilines is 1. The van der Waals surface area contributed by atoms with E-state index in [-0.39, 0.29) is 18.3 Å². The van der Waals surface area contributed by atoms with Crippen molar-refractivity contribution in [3.05, 3.63) is 28.4 Å². The van der Waals surface area contributed by atoms with Crippen molar-refractivity contribution in [1.82, 2.24) is 4.98 Å². The average molecular weight is 239 g/mol. The van der Waals surface area contributed by atoms with Crippen molar-refractivity contribution in [3.8, 4) is 0 Å². The van der Waals surface area contributed by atoms with Crippen LogP contribution in [0, 0.1) is 16.0 Å². The summed E-state index contributed by atoms with van der Waals surface area (Å²) in [7, 11) is 0. The van der Waals surface area contributed by atoms with Crippen LogP contribution in [0.2, 0.25) is 0 Å². The third-order valence-electron chi connectivity index (χ3n) is 2.28. The molecule has 2 N–H and O–H groups in total. The number of aromatic nitrogens is 1. The van der Waals surface area contributed by atoms with Gasteiger partial charge in [-0.15, -0.1) is 0 Å². The summed E-state index contributed by atoms with van der Waals surface area (Å²) in [5.41, 5.74) is -0.0104. The maximum Gasteiger partial charge on any atom is 0.274 e. The predicted octanol–water partition coefficient (Wildman–Crippen LogP) is 1.81. The van der Waals surface area contributed by atoms with Crippen LogP contribution in [0.25, 0.3) is 0 Å². The number of aliphatic hydroxyl groups is 1. The minimum Gasteiger partial charge on any atom is -0.394 e. The minimum absolute atomic E-state index is 0.0104. The Hall–Kier alpha value is -1.69. The van der Waals surface area contributed by atoms with Gasteiger partial charge in [-0.1, -0.05) is 13.8 Å². The van der Waals surface area contributed by atoms with Crippen LogP contribution < -0.4 is 5.32 Å². The molecule has 0 aliphatic rings. The Morgan fingerprint density at radius 2 is 2.29 bits per heavy atom. The standard InChI is InChI=1S/C11H17N3O3/c1-8(2)5-9(7-15)13-11-6-10(14(16)17)3-4-12-11/h3-4,6,8-9,15H,5,7H2,1-2H3,(H,12,13). The van der Waals surface area contributed by atoms with E-state index in [1.165, 1.54) is 18.3 Å². The first-order valence-electron chi connectivity index (χ1n) is 5.50. The first-order chi connectivity index (χ1) is 8.02. The van der Waals surface area contributed by atoms with E-state index in [1.807, 2.05) is 13.8 Å². The molecule has 0 aromatic carbocycles. The van der Waals surface area contributed by atoms with E-state index in [4.69, 9.17) is 0 Å². The van der Waals surface area contributed by atoms with E-state index >= 15 is 0 Å². The Bertz CT molecular complexity index is 382. The van der Waals surface area contributed by atoms with Gasteiger partial charge in [0, 0.05) is 12.3 Å². The van der Waals surface area contributed by atoms with Crippen LogP contribution in [0.5, 0.6) is 0 Å². The number of nitrogens with zero attached hydrogens (tertiary/aromatic N) is 2. The highest BCUT2D eigenvalue weighted by Gasteiger charge is 2.12. The Morgan fingerprint density at radius 3 is 2.82 bits per heavy atom. The summed E-state index contributed by atoms with van der Waals surface area (Å²) in [5, 5.41) is 22.8. The van der Waals surface area contributed by atoms with Gasteiger partial charge in [0.15, 0.2) is 0 Å². The van der Waals surface area contributed by atoms with Gasteiger partial charge < -0.3 is 10.4 Å². The van der Waals surface area contributed by atoms with Crippen molar-refractivity contribution in [1.29, 1.82) is 0 Å². The summed E-state index contributed by atoms with van der Waals surface area (Å²) < 4.78 is 0. The van der Waals surface area contributed by atoms with Crippen LogP contribution in [0.1, 0.15) is 20.3 Å². The number of hydrogen-bond donors (Lipinski definition) is 2. The van der Waals surface area contributed by atoms with Gasteiger partial charge in [0.05, 0.1) is 23.6 Å². The lowest BCUT2D eigenvalue weighted by atomic mass is 10.0. The minimum atomic E-state index is -0.469. The van der Waals surface area contributed by atoms with Crippen LogP contribution in [0.3, 0.4) is 0 Å². The Labute approximate surface area is 99.8 Å². The zero-order valence-electron chi connectivity index (χ0n) is 9.96. The summed E-state index contributed by atoms with van der Waals surface area (Å²) >= 11 is 0. The molecule has 1 aromatic heterocycles. The van der Waals surface area contributed by atoms with Gasteiger partial charge in [0.25, 0.3) is 5.69 Å². The molecule has 1 atom stereocenters. The molecule has 0 saturated heterocycles. The number of pyridine rings is 1. The summed E-state index contributed by atoms with van der Waals surface area (Å²) in [4.78, 5) is 14.1. The monoisotopic (exact) mass is 239 g/mol. The lowest BCUT2D eigenvalue weighted by Gasteiger charge is -2.18. The number of rotatable bonds is 6.